The summed E-state index contributed by atoms with van der Waals surface area (Å²) >= 11 is 0. The third-order valence-corrected chi connectivity index (χ3v) is 1.65. The molecule has 1 aromatic heterocycles. The van der Waals surface area contributed by atoms with Crippen molar-refractivity contribution in [2.45, 2.75) is 19.3 Å². The van der Waals surface area contributed by atoms with Crippen molar-refractivity contribution in [1.29, 1.82) is 5.26 Å². The van der Waals surface area contributed by atoms with Crippen molar-refractivity contribution in [2.75, 3.05) is 0 Å². The Kier molecular flexibility index (Phi) is 2.96. The predicted molar refractivity (Wildman–Crippen MR) is 42.1 cm³/mol. The fraction of sp³-hybridized carbons (Fsp3) is 0.500. The molecule has 0 bridgehead atoms. The molecule has 0 aliphatic rings. The van der Waals surface area contributed by atoms with Crippen molar-refractivity contribution >= 4 is 0 Å². The zero-order chi connectivity index (χ0) is 9.84. The number of rotatable bonds is 3. The molecule has 0 fully saturated rings. The van der Waals surface area contributed by atoms with Crippen molar-refractivity contribution in [3.05, 3.63) is 17.5 Å². The molecule has 0 radical (unpaired) electrons. The van der Waals surface area contributed by atoms with E-state index in [4.69, 9.17) is 5.26 Å². The van der Waals surface area contributed by atoms with Gasteiger partial charge in [0.05, 0.1) is 6.07 Å². The van der Waals surface area contributed by atoms with Gasteiger partial charge in [0, 0.05) is 25.2 Å². The summed E-state index contributed by atoms with van der Waals surface area (Å²) in [5.41, 5.74) is 0.247. The van der Waals surface area contributed by atoms with Crippen molar-refractivity contribution in [2.24, 2.45) is 7.05 Å². The van der Waals surface area contributed by atoms with E-state index in [9.17, 15) is 8.78 Å². The van der Waals surface area contributed by atoms with Crippen LogP contribution in [0.4, 0.5) is 8.78 Å². The number of aryl methyl sites for hydroxylation is 2. The monoisotopic (exact) mass is 185 g/mol. The minimum Gasteiger partial charge on any atom is -0.275 e. The summed E-state index contributed by atoms with van der Waals surface area (Å²) in [4.78, 5) is 0. The van der Waals surface area contributed by atoms with Gasteiger partial charge in [0.1, 0.15) is 5.69 Å². The van der Waals surface area contributed by atoms with Crippen LogP contribution in [0.2, 0.25) is 0 Å². The number of alkyl halides is 2. The molecule has 0 atom stereocenters. The van der Waals surface area contributed by atoms with Crippen molar-refractivity contribution in [3.8, 4) is 6.07 Å². The van der Waals surface area contributed by atoms with Crippen molar-refractivity contribution in [1.82, 2.24) is 9.78 Å². The van der Waals surface area contributed by atoms with Crippen LogP contribution < -0.4 is 0 Å². The Morgan fingerprint density at radius 1 is 1.69 bits per heavy atom. The molecule has 13 heavy (non-hydrogen) atoms. The summed E-state index contributed by atoms with van der Waals surface area (Å²) in [6.07, 6.45) is -0.455. The quantitative estimate of drug-likeness (QED) is 0.720. The highest BCUT2D eigenvalue weighted by atomic mass is 19.3. The van der Waals surface area contributed by atoms with E-state index in [0.717, 1.165) is 0 Å². The smallest absolute Gasteiger partial charge is 0.275 e. The molecule has 0 saturated heterocycles. The Morgan fingerprint density at radius 3 is 2.92 bits per heavy atom. The molecule has 3 nitrogen and oxygen atoms in total. The lowest BCUT2D eigenvalue weighted by molar-refractivity contribution is 0.144. The predicted octanol–water partition coefficient (Wildman–Crippen LogP) is 1.81. The summed E-state index contributed by atoms with van der Waals surface area (Å²) < 4.78 is 26.0. The standard InChI is InChI=1S/C8H9F2N3/c1-13-5-6(3-2-4-11)7(12-13)8(9)10/h5,8H,2-3H2,1H3. The fourth-order valence-electron chi connectivity index (χ4n) is 1.12. The van der Waals surface area contributed by atoms with Gasteiger partial charge in [-0.15, -0.1) is 0 Å². The molecule has 0 N–H and O–H groups in total. The highest BCUT2D eigenvalue weighted by Gasteiger charge is 2.16. The van der Waals surface area contributed by atoms with Gasteiger partial charge in [-0.3, -0.25) is 4.68 Å². The molecule has 0 aliphatic heterocycles. The van der Waals surface area contributed by atoms with Crippen LogP contribution in [0.25, 0.3) is 0 Å². The van der Waals surface area contributed by atoms with Gasteiger partial charge < -0.3 is 0 Å². The molecular formula is C8H9F2N3. The normalized spacial score (nSPS) is 10.4. The Hall–Kier alpha value is -1.44. The third-order valence-electron chi connectivity index (χ3n) is 1.65. The molecular weight excluding hydrogens is 176 g/mol. The zero-order valence-corrected chi connectivity index (χ0v) is 7.17. The lowest BCUT2D eigenvalue weighted by Gasteiger charge is -1.96. The second kappa shape index (κ2) is 3.99. The average molecular weight is 185 g/mol. The van der Waals surface area contributed by atoms with Crippen LogP contribution in [0.15, 0.2) is 6.20 Å². The molecule has 0 unspecified atom stereocenters. The van der Waals surface area contributed by atoms with Gasteiger partial charge in [-0.1, -0.05) is 0 Å². The van der Waals surface area contributed by atoms with E-state index in [1.54, 1.807) is 7.05 Å². The topological polar surface area (TPSA) is 41.6 Å². The van der Waals surface area contributed by atoms with Crippen LogP contribution in [0.1, 0.15) is 24.1 Å². The second-order valence-corrected chi connectivity index (χ2v) is 2.67. The first-order valence-electron chi connectivity index (χ1n) is 3.82. The fourth-order valence-corrected chi connectivity index (χ4v) is 1.12. The maximum absolute atomic E-state index is 12.3. The molecule has 70 valence electrons. The Balaban J connectivity index is 2.86. The van der Waals surface area contributed by atoms with Crippen LogP contribution in [0.5, 0.6) is 0 Å². The van der Waals surface area contributed by atoms with Gasteiger partial charge in [0.25, 0.3) is 6.43 Å². The molecule has 0 aliphatic carbocycles. The average Bonchev–Trinajstić information content (AvgIpc) is 2.43. The number of hydrogen-bond donors (Lipinski definition) is 0. The minimum atomic E-state index is -2.56. The van der Waals surface area contributed by atoms with E-state index in [0.29, 0.717) is 12.0 Å². The summed E-state index contributed by atoms with van der Waals surface area (Å²) in [7, 11) is 1.59. The van der Waals surface area contributed by atoms with Gasteiger partial charge in [0.15, 0.2) is 0 Å². The molecule has 0 saturated carbocycles. The minimum absolute atomic E-state index is 0.210. The van der Waals surface area contributed by atoms with Gasteiger partial charge in [-0.25, -0.2) is 8.78 Å². The molecule has 5 heteroatoms. The highest BCUT2D eigenvalue weighted by Crippen LogP contribution is 2.21. The third kappa shape index (κ3) is 2.25. The van der Waals surface area contributed by atoms with E-state index in [2.05, 4.69) is 5.10 Å². The largest absolute Gasteiger partial charge is 0.282 e. The van der Waals surface area contributed by atoms with Crippen LogP contribution in [0.3, 0.4) is 0 Å². The van der Waals surface area contributed by atoms with Gasteiger partial charge in [-0.05, 0) is 6.42 Å². The van der Waals surface area contributed by atoms with Crippen LogP contribution in [-0.2, 0) is 13.5 Å². The number of halogens is 2. The van der Waals surface area contributed by atoms with Gasteiger partial charge in [-0.2, -0.15) is 10.4 Å². The molecule has 0 aromatic carbocycles. The maximum Gasteiger partial charge on any atom is 0.282 e. The van der Waals surface area contributed by atoms with Crippen LogP contribution >= 0.6 is 0 Å². The number of nitrogens with zero attached hydrogens (tertiary/aromatic N) is 3. The molecule has 1 rings (SSSR count). The van der Waals surface area contributed by atoms with Crippen molar-refractivity contribution < 1.29 is 8.78 Å². The van der Waals surface area contributed by atoms with Gasteiger partial charge >= 0.3 is 0 Å². The lowest BCUT2D eigenvalue weighted by Crippen LogP contribution is -1.93. The van der Waals surface area contributed by atoms with Crippen LogP contribution in [-0.4, -0.2) is 9.78 Å². The number of aromatic nitrogens is 2. The summed E-state index contributed by atoms with van der Waals surface area (Å²) in [5.74, 6) is 0. The Morgan fingerprint density at radius 2 is 2.38 bits per heavy atom. The first-order valence-corrected chi connectivity index (χ1v) is 3.82. The first kappa shape index (κ1) is 9.65. The summed E-state index contributed by atoms with van der Waals surface area (Å²) in [6.45, 7) is 0. The summed E-state index contributed by atoms with van der Waals surface area (Å²) in [5, 5.41) is 11.9. The van der Waals surface area contributed by atoms with E-state index in [-0.39, 0.29) is 12.1 Å². The number of hydrogen-bond acceptors (Lipinski definition) is 2. The van der Waals surface area contributed by atoms with Crippen LogP contribution in [0, 0.1) is 11.3 Å². The Bertz CT molecular complexity index is 325. The summed E-state index contributed by atoms with van der Waals surface area (Å²) in [6, 6.07) is 1.91. The van der Waals surface area contributed by atoms with E-state index >= 15 is 0 Å². The zero-order valence-electron chi connectivity index (χ0n) is 7.17. The maximum atomic E-state index is 12.3. The highest BCUT2D eigenvalue weighted by molar-refractivity contribution is 5.18. The first-order chi connectivity index (χ1) is 6.15. The van der Waals surface area contributed by atoms with Gasteiger partial charge in [0.2, 0.25) is 0 Å². The lowest BCUT2D eigenvalue weighted by atomic mass is 10.1. The van der Waals surface area contributed by atoms with Crippen molar-refractivity contribution in [3.63, 3.8) is 0 Å². The molecule has 0 spiro atoms. The SMILES string of the molecule is Cn1cc(CCC#N)c(C(F)F)n1. The molecule has 0 amide bonds. The number of nitriles is 1. The van der Waals surface area contributed by atoms with E-state index < -0.39 is 6.43 Å². The van der Waals surface area contributed by atoms with E-state index in [1.165, 1.54) is 10.9 Å². The second-order valence-electron chi connectivity index (χ2n) is 2.67. The molecule has 1 aromatic rings. The molecule has 1 heterocycles. The van der Waals surface area contributed by atoms with E-state index in [1.807, 2.05) is 6.07 Å². The Labute approximate surface area is 74.6 Å².